The van der Waals surface area contributed by atoms with Gasteiger partial charge < -0.3 is 19.6 Å². The summed E-state index contributed by atoms with van der Waals surface area (Å²) in [5.41, 5.74) is -0.663. The molecule has 0 bridgehead atoms. The number of rotatable bonds is 3. The van der Waals surface area contributed by atoms with E-state index in [1.54, 1.807) is 0 Å². The summed E-state index contributed by atoms with van der Waals surface area (Å²) in [6.07, 6.45) is 0.0167. The molecule has 0 unspecified atom stereocenters. The topological polar surface area (TPSA) is 132 Å². The van der Waals surface area contributed by atoms with Gasteiger partial charge in [-0.05, 0) is 12.1 Å². The molecule has 0 saturated heterocycles. The lowest BCUT2D eigenvalue weighted by molar-refractivity contribution is 0.112. The molecule has 9 heteroatoms. The van der Waals surface area contributed by atoms with E-state index >= 15 is 0 Å². The third-order valence-electron chi connectivity index (χ3n) is 1.81. The van der Waals surface area contributed by atoms with Crippen molar-refractivity contribution in [3.8, 4) is 0 Å². The van der Waals surface area contributed by atoms with E-state index in [0.717, 1.165) is 18.2 Å². The van der Waals surface area contributed by atoms with Crippen LogP contribution >= 0.6 is 15.2 Å². The molecule has 0 aliphatic carbocycles. The van der Waals surface area contributed by atoms with Crippen LogP contribution in [0.1, 0.15) is 10.4 Å². The van der Waals surface area contributed by atoms with Gasteiger partial charge in [0, 0.05) is 5.56 Å². The second kappa shape index (κ2) is 4.22. The van der Waals surface area contributed by atoms with Gasteiger partial charge in [-0.1, -0.05) is 6.07 Å². The van der Waals surface area contributed by atoms with E-state index in [2.05, 4.69) is 0 Å². The average Bonchev–Trinajstić information content (AvgIpc) is 2.13. The van der Waals surface area contributed by atoms with Gasteiger partial charge in [-0.3, -0.25) is 13.9 Å². The minimum Gasteiger partial charge on any atom is -0.321 e. The number of hydrogen-bond acceptors (Lipinski definition) is 3. The van der Waals surface area contributed by atoms with Gasteiger partial charge >= 0.3 is 15.2 Å². The van der Waals surface area contributed by atoms with Gasteiger partial charge in [0.15, 0.2) is 6.29 Å². The maximum Gasteiger partial charge on any atom is 0.356 e. The van der Waals surface area contributed by atoms with E-state index in [1.807, 2.05) is 0 Å². The molecule has 1 aromatic rings. The van der Waals surface area contributed by atoms with Crippen molar-refractivity contribution in [2.24, 2.45) is 0 Å². The summed E-state index contributed by atoms with van der Waals surface area (Å²) in [5.74, 6) is 0. The quantitative estimate of drug-likeness (QED) is 0.412. The summed E-state index contributed by atoms with van der Waals surface area (Å²) in [6, 6.07) is 2.96. The Hall–Kier alpha value is -0.810. The van der Waals surface area contributed by atoms with Crippen LogP contribution in [0.3, 0.4) is 0 Å². The molecule has 0 aromatic heterocycles. The highest BCUT2D eigenvalue weighted by molar-refractivity contribution is 7.62. The summed E-state index contributed by atoms with van der Waals surface area (Å²) >= 11 is 0. The van der Waals surface area contributed by atoms with Crippen LogP contribution in [0.5, 0.6) is 0 Å². The van der Waals surface area contributed by atoms with E-state index in [-0.39, 0.29) is 6.29 Å². The number of aldehydes is 1. The van der Waals surface area contributed by atoms with Gasteiger partial charge in [-0.25, -0.2) is 0 Å². The number of carbonyl (C=O) groups excluding carboxylic acids is 1. The van der Waals surface area contributed by atoms with E-state index < -0.39 is 31.4 Å². The summed E-state index contributed by atoms with van der Waals surface area (Å²) in [7, 11) is -9.49. The van der Waals surface area contributed by atoms with Crippen molar-refractivity contribution in [1.29, 1.82) is 0 Å². The minimum absolute atomic E-state index is 0.0167. The van der Waals surface area contributed by atoms with Crippen molar-refractivity contribution >= 4 is 32.1 Å². The van der Waals surface area contributed by atoms with Gasteiger partial charge in [-0.2, -0.15) is 0 Å². The monoisotopic (exact) mass is 266 g/mol. The van der Waals surface area contributed by atoms with Gasteiger partial charge in [0.05, 0.1) is 10.6 Å². The molecule has 0 radical (unpaired) electrons. The second-order valence-electron chi connectivity index (χ2n) is 2.92. The predicted octanol–water partition coefficient (Wildman–Crippen LogP) is -0.895. The summed E-state index contributed by atoms with van der Waals surface area (Å²) in [4.78, 5) is 46.2. The van der Waals surface area contributed by atoms with Crippen molar-refractivity contribution in [3.63, 3.8) is 0 Å². The normalized spacial score (nSPS) is 12.5. The smallest absolute Gasteiger partial charge is 0.321 e. The standard InChI is InChI=1S/C7H8O7P2/c8-4-5-6(15(9,10)11)2-1-3-7(5)16(12,13)14/h1-4H,(H2,9,10,11)(H2,12,13,14). The Balaban J connectivity index is 3.64. The molecule has 0 heterocycles. The molecule has 0 amide bonds. The Kier molecular flexibility index (Phi) is 3.50. The lowest BCUT2D eigenvalue weighted by Crippen LogP contribution is -2.22. The van der Waals surface area contributed by atoms with Crippen molar-refractivity contribution in [2.45, 2.75) is 0 Å². The van der Waals surface area contributed by atoms with Crippen molar-refractivity contribution in [1.82, 2.24) is 0 Å². The van der Waals surface area contributed by atoms with Crippen LogP contribution in [0.15, 0.2) is 18.2 Å². The largest absolute Gasteiger partial charge is 0.356 e. The van der Waals surface area contributed by atoms with Gasteiger partial charge in [-0.15, -0.1) is 0 Å². The van der Waals surface area contributed by atoms with Crippen LogP contribution in [0.25, 0.3) is 0 Å². The first-order valence-electron chi connectivity index (χ1n) is 3.88. The van der Waals surface area contributed by atoms with Crippen LogP contribution in [-0.2, 0) is 9.13 Å². The lowest BCUT2D eigenvalue weighted by Gasteiger charge is -2.11. The van der Waals surface area contributed by atoms with E-state index in [0.29, 0.717) is 0 Å². The molecule has 4 N–H and O–H groups in total. The molecular weight excluding hydrogens is 258 g/mol. The van der Waals surface area contributed by atoms with Crippen LogP contribution < -0.4 is 10.6 Å². The third-order valence-corrected chi connectivity index (χ3v) is 3.84. The highest BCUT2D eigenvalue weighted by Gasteiger charge is 2.29. The number of benzene rings is 1. The van der Waals surface area contributed by atoms with Crippen LogP contribution in [0.2, 0.25) is 0 Å². The van der Waals surface area contributed by atoms with Crippen molar-refractivity contribution < 1.29 is 33.5 Å². The molecule has 0 atom stereocenters. The molecule has 0 saturated carbocycles. The summed E-state index contributed by atoms with van der Waals surface area (Å²) in [5, 5.41) is -1.38. The first-order chi connectivity index (χ1) is 7.18. The van der Waals surface area contributed by atoms with Crippen LogP contribution in [0.4, 0.5) is 0 Å². The highest BCUT2D eigenvalue weighted by Crippen LogP contribution is 2.38. The first kappa shape index (κ1) is 13.3. The van der Waals surface area contributed by atoms with E-state index in [4.69, 9.17) is 19.6 Å². The molecule has 88 valence electrons. The minimum atomic E-state index is -4.74. The average molecular weight is 266 g/mol. The second-order valence-corrected chi connectivity index (χ2v) is 6.06. The van der Waals surface area contributed by atoms with Crippen molar-refractivity contribution in [2.75, 3.05) is 0 Å². The molecule has 7 nitrogen and oxygen atoms in total. The number of carbonyl (C=O) groups is 1. The van der Waals surface area contributed by atoms with E-state index in [9.17, 15) is 13.9 Å². The van der Waals surface area contributed by atoms with Gasteiger partial charge in [0.2, 0.25) is 0 Å². The Labute approximate surface area is 90.1 Å². The Morgan fingerprint density at radius 2 is 1.31 bits per heavy atom. The highest BCUT2D eigenvalue weighted by atomic mass is 31.2. The predicted molar refractivity (Wildman–Crippen MR) is 55.2 cm³/mol. The zero-order chi connectivity index (χ0) is 12.6. The van der Waals surface area contributed by atoms with Crippen LogP contribution in [0, 0.1) is 0 Å². The first-order valence-corrected chi connectivity index (χ1v) is 7.11. The summed E-state index contributed by atoms with van der Waals surface area (Å²) in [6.45, 7) is 0. The number of hydrogen-bond donors (Lipinski definition) is 4. The molecule has 1 rings (SSSR count). The third kappa shape index (κ3) is 2.65. The molecular formula is C7H8O7P2. The Morgan fingerprint density at radius 1 is 0.938 bits per heavy atom. The fourth-order valence-corrected chi connectivity index (χ4v) is 2.79. The van der Waals surface area contributed by atoms with Gasteiger partial charge in [0.25, 0.3) is 0 Å². The SMILES string of the molecule is O=Cc1c(P(=O)(O)O)cccc1P(=O)(O)O. The molecule has 0 spiro atoms. The van der Waals surface area contributed by atoms with Crippen molar-refractivity contribution in [3.05, 3.63) is 23.8 Å². The summed E-state index contributed by atoms with van der Waals surface area (Å²) < 4.78 is 21.9. The molecule has 0 aliphatic heterocycles. The molecule has 0 aliphatic rings. The fraction of sp³-hybridized carbons (Fsp3) is 0. The molecule has 16 heavy (non-hydrogen) atoms. The van der Waals surface area contributed by atoms with E-state index in [1.165, 1.54) is 0 Å². The molecule has 1 aromatic carbocycles. The molecule has 0 fully saturated rings. The van der Waals surface area contributed by atoms with Gasteiger partial charge in [0.1, 0.15) is 0 Å². The zero-order valence-electron chi connectivity index (χ0n) is 7.72. The Bertz CT molecular complexity index is 471. The lowest BCUT2D eigenvalue weighted by atomic mass is 10.2. The maximum atomic E-state index is 11.0. The Morgan fingerprint density at radius 3 is 1.56 bits per heavy atom. The fourth-order valence-electron chi connectivity index (χ4n) is 1.17. The maximum absolute atomic E-state index is 11.0. The van der Waals surface area contributed by atoms with Crippen LogP contribution in [-0.4, -0.2) is 25.9 Å². The zero-order valence-corrected chi connectivity index (χ0v) is 9.51.